The lowest BCUT2D eigenvalue weighted by molar-refractivity contribution is -0.135. The lowest BCUT2D eigenvalue weighted by Gasteiger charge is -2.33. The first-order valence-electron chi connectivity index (χ1n) is 6.38. The number of rotatable bonds is 5. The Morgan fingerprint density at radius 2 is 2.00 bits per heavy atom. The molecule has 0 aromatic rings. The molecule has 18 heavy (non-hydrogen) atoms. The van der Waals surface area contributed by atoms with Crippen LogP contribution >= 0.6 is 0 Å². The van der Waals surface area contributed by atoms with E-state index in [1.54, 1.807) is 11.8 Å². The fourth-order valence-electron chi connectivity index (χ4n) is 1.97. The van der Waals surface area contributed by atoms with Crippen molar-refractivity contribution in [2.45, 2.75) is 32.7 Å². The first-order chi connectivity index (χ1) is 8.39. The quantitative estimate of drug-likeness (QED) is 0.709. The third-order valence-electron chi connectivity index (χ3n) is 3.31. The van der Waals surface area contributed by atoms with Gasteiger partial charge in [0.15, 0.2) is 0 Å². The van der Waals surface area contributed by atoms with Gasteiger partial charge in [-0.25, -0.2) is 13.1 Å². The third-order valence-corrected chi connectivity index (χ3v) is 4.76. The number of hydrogen-bond acceptors (Lipinski definition) is 4. The van der Waals surface area contributed by atoms with Crippen LogP contribution in [0.5, 0.6) is 0 Å². The Hall–Kier alpha value is -0.660. The van der Waals surface area contributed by atoms with Crippen LogP contribution in [-0.2, 0) is 14.8 Å². The van der Waals surface area contributed by atoms with E-state index in [1.807, 2.05) is 6.92 Å². The summed E-state index contributed by atoms with van der Waals surface area (Å²) in [6.07, 6.45) is 1.34. The maximum absolute atomic E-state index is 11.9. The highest BCUT2D eigenvalue weighted by Crippen LogP contribution is 2.13. The number of hydrogen-bond donors (Lipinski definition) is 2. The van der Waals surface area contributed by atoms with Gasteiger partial charge in [-0.1, -0.05) is 6.92 Å². The Balaban J connectivity index is 2.44. The molecular weight excluding hydrogens is 254 g/mol. The topological polar surface area (TPSA) is 92.5 Å². The number of piperidine rings is 1. The van der Waals surface area contributed by atoms with E-state index in [1.165, 1.54) is 0 Å². The molecule has 0 bridgehead atoms. The average molecular weight is 277 g/mol. The van der Waals surface area contributed by atoms with Crippen LogP contribution < -0.4 is 10.5 Å². The molecule has 1 aliphatic heterocycles. The zero-order valence-electron chi connectivity index (χ0n) is 11.1. The van der Waals surface area contributed by atoms with E-state index < -0.39 is 10.0 Å². The van der Waals surface area contributed by atoms with Gasteiger partial charge in [-0.05, 0) is 19.8 Å². The smallest absolute Gasteiger partial charge is 0.226 e. The molecule has 106 valence electrons. The van der Waals surface area contributed by atoms with Crippen LogP contribution in [0.4, 0.5) is 0 Å². The van der Waals surface area contributed by atoms with Crippen LogP contribution in [0.25, 0.3) is 0 Å². The zero-order chi connectivity index (χ0) is 13.8. The zero-order valence-corrected chi connectivity index (χ0v) is 11.9. The summed E-state index contributed by atoms with van der Waals surface area (Å²) in [6, 6.07) is -0.0489. The summed E-state index contributed by atoms with van der Waals surface area (Å²) in [6.45, 7) is 4.97. The van der Waals surface area contributed by atoms with Crippen molar-refractivity contribution < 1.29 is 13.2 Å². The fourth-order valence-corrected chi connectivity index (χ4v) is 2.88. The molecule has 6 nitrogen and oxygen atoms in total. The van der Waals surface area contributed by atoms with E-state index in [4.69, 9.17) is 5.73 Å². The highest BCUT2D eigenvalue weighted by atomic mass is 32.2. The van der Waals surface area contributed by atoms with Crippen molar-refractivity contribution in [2.75, 3.05) is 25.4 Å². The molecule has 1 atom stereocenters. The lowest BCUT2D eigenvalue weighted by Crippen LogP contribution is -2.48. The van der Waals surface area contributed by atoms with Crippen molar-refractivity contribution in [1.82, 2.24) is 9.62 Å². The molecule has 1 aliphatic rings. The number of likely N-dealkylation sites (tertiary alicyclic amines) is 1. The van der Waals surface area contributed by atoms with Gasteiger partial charge in [0.2, 0.25) is 15.9 Å². The van der Waals surface area contributed by atoms with Gasteiger partial charge in [-0.15, -0.1) is 0 Å². The van der Waals surface area contributed by atoms with Gasteiger partial charge in [0.1, 0.15) is 0 Å². The van der Waals surface area contributed by atoms with Crippen molar-refractivity contribution in [3.63, 3.8) is 0 Å². The number of carbonyl (C=O) groups is 1. The molecule has 0 aromatic heterocycles. The number of sulfonamides is 1. The second kappa shape index (κ2) is 6.49. The monoisotopic (exact) mass is 277 g/mol. The van der Waals surface area contributed by atoms with E-state index in [0.29, 0.717) is 32.5 Å². The van der Waals surface area contributed by atoms with Crippen molar-refractivity contribution >= 4 is 15.9 Å². The van der Waals surface area contributed by atoms with Crippen molar-refractivity contribution in [2.24, 2.45) is 11.7 Å². The predicted octanol–water partition coefficient (Wildman–Crippen LogP) is -0.488. The lowest BCUT2D eigenvalue weighted by atomic mass is 10.0. The van der Waals surface area contributed by atoms with Crippen LogP contribution in [0.3, 0.4) is 0 Å². The SMILES string of the molecule is CCS(=O)(=O)NC1CCN(C(=O)C(C)CN)CC1. The molecule has 1 saturated heterocycles. The van der Waals surface area contributed by atoms with Gasteiger partial charge in [-0.2, -0.15) is 0 Å². The van der Waals surface area contributed by atoms with Crippen LogP contribution in [0, 0.1) is 5.92 Å². The molecule has 0 saturated carbocycles. The van der Waals surface area contributed by atoms with Crippen LogP contribution in [-0.4, -0.2) is 50.7 Å². The highest BCUT2D eigenvalue weighted by molar-refractivity contribution is 7.89. The number of amides is 1. The summed E-state index contributed by atoms with van der Waals surface area (Å²) in [5, 5.41) is 0. The average Bonchev–Trinajstić information content (AvgIpc) is 2.37. The van der Waals surface area contributed by atoms with E-state index in [9.17, 15) is 13.2 Å². The highest BCUT2D eigenvalue weighted by Gasteiger charge is 2.27. The summed E-state index contributed by atoms with van der Waals surface area (Å²) in [5.41, 5.74) is 5.47. The number of carbonyl (C=O) groups excluding carboxylic acids is 1. The Morgan fingerprint density at radius 3 is 2.44 bits per heavy atom. The Kier molecular flexibility index (Phi) is 5.55. The maximum Gasteiger partial charge on any atom is 0.226 e. The summed E-state index contributed by atoms with van der Waals surface area (Å²) in [5.74, 6) is -0.000672. The molecule has 0 aromatic carbocycles. The largest absolute Gasteiger partial charge is 0.342 e. The molecule has 0 aliphatic carbocycles. The molecule has 7 heteroatoms. The minimum absolute atomic E-state index is 0.0489. The maximum atomic E-state index is 11.9. The van der Waals surface area contributed by atoms with Gasteiger partial charge in [0.05, 0.1) is 5.75 Å². The van der Waals surface area contributed by atoms with E-state index in [-0.39, 0.29) is 23.6 Å². The third kappa shape index (κ3) is 4.22. The number of nitrogens with zero attached hydrogens (tertiary/aromatic N) is 1. The van der Waals surface area contributed by atoms with Gasteiger partial charge in [0, 0.05) is 31.6 Å². The molecule has 1 rings (SSSR count). The van der Waals surface area contributed by atoms with Crippen LogP contribution in [0.2, 0.25) is 0 Å². The Bertz CT molecular complexity index is 375. The Labute approximate surface area is 109 Å². The van der Waals surface area contributed by atoms with Gasteiger partial charge >= 0.3 is 0 Å². The number of nitrogens with one attached hydrogen (secondary N) is 1. The minimum Gasteiger partial charge on any atom is -0.342 e. The standard InChI is InChI=1S/C11H23N3O3S/c1-3-18(16,17)13-10-4-6-14(7-5-10)11(15)9(2)8-12/h9-10,13H,3-8,12H2,1-2H3. The molecular formula is C11H23N3O3S. The second-order valence-electron chi connectivity index (χ2n) is 4.76. The van der Waals surface area contributed by atoms with E-state index in [0.717, 1.165) is 0 Å². The molecule has 1 amide bonds. The molecule has 0 radical (unpaired) electrons. The molecule has 0 spiro atoms. The summed E-state index contributed by atoms with van der Waals surface area (Å²) in [4.78, 5) is 13.7. The normalized spacial score (nSPS) is 19.8. The minimum atomic E-state index is -3.15. The second-order valence-corrected chi connectivity index (χ2v) is 6.80. The van der Waals surface area contributed by atoms with Gasteiger partial charge < -0.3 is 10.6 Å². The van der Waals surface area contributed by atoms with Crippen molar-refractivity contribution in [3.8, 4) is 0 Å². The molecule has 1 fully saturated rings. The van der Waals surface area contributed by atoms with Crippen molar-refractivity contribution in [1.29, 1.82) is 0 Å². The van der Waals surface area contributed by atoms with E-state index in [2.05, 4.69) is 4.72 Å². The number of nitrogens with two attached hydrogens (primary N) is 1. The predicted molar refractivity (Wildman–Crippen MR) is 70.4 cm³/mol. The summed E-state index contributed by atoms with van der Waals surface area (Å²) in [7, 11) is -3.15. The Morgan fingerprint density at radius 1 is 1.44 bits per heavy atom. The summed E-state index contributed by atoms with van der Waals surface area (Å²) >= 11 is 0. The van der Waals surface area contributed by atoms with Crippen molar-refractivity contribution in [3.05, 3.63) is 0 Å². The van der Waals surface area contributed by atoms with Crippen LogP contribution in [0.15, 0.2) is 0 Å². The van der Waals surface area contributed by atoms with Gasteiger partial charge in [-0.3, -0.25) is 4.79 Å². The first kappa shape index (κ1) is 15.4. The van der Waals surface area contributed by atoms with Crippen LogP contribution in [0.1, 0.15) is 26.7 Å². The fraction of sp³-hybridized carbons (Fsp3) is 0.909. The molecule has 1 heterocycles. The van der Waals surface area contributed by atoms with Gasteiger partial charge in [0.25, 0.3) is 0 Å². The first-order valence-corrected chi connectivity index (χ1v) is 8.03. The molecule has 1 unspecified atom stereocenters. The van der Waals surface area contributed by atoms with E-state index >= 15 is 0 Å². The summed E-state index contributed by atoms with van der Waals surface area (Å²) < 4.78 is 25.5. The molecule has 3 N–H and O–H groups in total.